The summed E-state index contributed by atoms with van der Waals surface area (Å²) in [5.74, 6) is 0.436. The van der Waals surface area contributed by atoms with Crippen molar-refractivity contribution >= 4 is 34.1 Å². The first kappa shape index (κ1) is 17.0. The van der Waals surface area contributed by atoms with E-state index in [9.17, 15) is 9.00 Å². The highest BCUT2D eigenvalue weighted by atomic mass is 35.5. The van der Waals surface area contributed by atoms with Crippen molar-refractivity contribution in [3.05, 3.63) is 28.8 Å². The molecule has 6 heteroatoms. The van der Waals surface area contributed by atoms with E-state index in [0.29, 0.717) is 23.0 Å². The molecule has 0 aliphatic carbocycles. The summed E-state index contributed by atoms with van der Waals surface area (Å²) in [6, 6.07) is 5.00. The van der Waals surface area contributed by atoms with Gasteiger partial charge < -0.3 is 10.6 Å². The molecule has 1 unspecified atom stereocenters. The zero-order valence-corrected chi connectivity index (χ0v) is 13.8. The fourth-order valence-electron chi connectivity index (χ4n) is 1.41. The summed E-state index contributed by atoms with van der Waals surface area (Å²) >= 11 is 5.98. The number of hydrogen-bond acceptors (Lipinski definition) is 2. The predicted octanol–water partition coefficient (Wildman–Crippen LogP) is 3.32. The van der Waals surface area contributed by atoms with Gasteiger partial charge >= 0.3 is 6.03 Å². The van der Waals surface area contributed by atoms with Gasteiger partial charge in [-0.2, -0.15) is 0 Å². The highest BCUT2D eigenvalue weighted by Gasteiger charge is 2.18. The smallest absolute Gasteiger partial charge is 0.319 e. The van der Waals surface area contributed by atoms with Gasteiger partial charge in [-0.15, -0.1) is 0 Å². The lowest BCUT2D eigenvalue weighted by atomic mass is 10.2. The van der Waals surface area contributed by atoms with Crippen LogP contribution in [0.15, 0.2) is 18.2 Å². The summed E-state index contributed by atoms with van der Waals surface area (Å²) in [5.41, 5.74) is 1.59. The number of aryl methyl sites for hydroxylation is 1. The number of rotatable bonds is 4. The molecule has 0 spiro atoms. The van der Waals surface area contributed by atoms with Crippen LogP contribution in [0.1, 0.15) is 26.3 Å². The van der Waals surface area contributed by atoms with Crippen molar-refractivity contribution in [1.29, 1.82) is 0 Å². The Morgan fingerprint density at radius 3 is 2.55 bits per heavy atom. The maximum Gasteiger partial charge on any atom is 0.319 e. The van der Waals surface area contributed by atoms with Crippen molar-refractivity contribution in [2.45, 2.75) is 32.4 Å². The topological polar surface area (TPSA) is 58.2 Å². The lowest BCUT2D eigenvalue weighted by molar-refractivity contribution is 0.252. The van der Waals surface area contributed by atoms with Gasteiger partial charge in [0.05, 0.1) is 0 Å². The van der Waals surface area contributed by atoms with Gasteiger partial charge in [-0.3, -0.25) is 4.21 Å². The van der Waals surface area contributed by atoms with Gasteiger partial charge in [0, 0.05) is 38.6 Å². The Balaban J connectivity index is 2.41. The Morgan fingerprint density at radius 2 is 2.00 bits per heavy atom. The third-order valence-electron chi connectivity index (χ3n) is 2.69. The van der Waals surface area contributed by atoms with Crippen molar-refractivity contribution < 1.29 is 9.00 Å². The summed E-state index contributed by atoms with van der Waals surface area (Å²) < 4.78 is 11.5. The summed E-state index contributed by atoms with van der Waals surface area (Å²) in [5, 5.41) is 5.98. The molecular formula is C14H21ClN2O2S. The lowest BCUT2D eigenvalue weighted by Crippen LogP contribution is -2.35. The number of urea groups is 1. The number of hydrogen-bond donors (Lipinski definition) is 2. The maximum atomic E-state index is 11.8. The average molecular weight is 317 g/mol. The van der Waals surface area contributed by atoms with Crippen molar-refractivity contribution in [1.82, 2.24) is 5.32 Å². The molecule has 0 heterocycles. The molecule has 0 aliphatic rings. The van der Waals surface area contributed by atoms with E-state index in [2.05, 4.69) is 10.6 Å². The standard InChI is InChI=1S/C14H21ClN2O2S/c1-10-5-6-11(9-12(10)15)17-13(18)16-7-8-20(19)14(2,3)4/h5-6,9H,7-8H2,1-4H3,(H2,16,17,18). The van der Waals surface area contributed by atoms with E-state index < -0.39 is 10.8 Å². The van der Waals surface area contributed by atoms with Gasteiger partial charge in [0.1, 0.15) is 0 Å². The molecule has 0 radical (unpaired) electrons. The predicted molar refractivity (Wildman–Crippen MR) is 86.0 cm³/mol. The number of anilines is 1. The van der Waals surface area contributed by atoms with Crippen molar-refractivity contribution in [3.63, 3.8) is 0 Å². The highest BCUT2D eigenvalue weighted by Crippen LogP contribution is 2.19. The van der Waals surface area contributed by atoms with E-state index in [4.69, 9.17) is 11.6 Å². The fourth-order valence-corrected chi connectivity index (χ4v) is 2.49. The van der Waals surface area contributed by atoms with Gasteiger partial charge in [0.25, 0.3) is 0 Å². The molecular weight excluding hydrogens is 296 g/mol. The van der Waals surface area contributed by atoms with Crippen LogP contribution in [0.5, 0.6) is 0 Å². The Bertz CT molecular complexity index is 512. The molecule has 0 saturated carbocycles. The zero-order chi connectivity index (χ0) is 15.3. The molecule has 1 rings (SSSR count). The molecule has 2 N–H and O–H groups in total. The molecule has 0 saturated heterocycles. The number of benzene rings is 1. The van der Waals surface area contributed by atoms with Gasteiger partial charge in [-0.25, -0.2) is 4.79 Å². The van der Waals surface area contributed by atoms with E-state index in [-0.39, 0.29) is 10.8 Å². The van der Waals surface area contributed by atoms with Crippen LogP contribution in [-0.2, 0) is 10.8 Å². The van der Waals surface area contributed by atoms with Crippen LogP contribution in [0.3, 0.4) is 0 Å². The van der Waals surface area contributed by atoms with Crippen LogP contribution in [-0.4, -0.2) is 27.3 Å². The lowest BCUT2D eigenvalue weighted by Gasteiger charge is -2.17. The monoisotopic (exact) mass is 316 g/mol. The Labute approximate surface area is 127 Å². The zero-order valence-electron chi connectivity index (χ0n) is 12.2. The first-order chi connectivity index (χ1) is 9.20. The molecule has 1 aromatic carbocycles. The highest BCUT2D eigenvalue weighted by molar-refractivity contribution is 7.86. The second-order valence-corrected chi connectivity index (χ2v) is 8.24. The minimum atomic E-state index is -0.971. The molecule has 20 heavy (non-hydrogen) atoms. The summed E-state index contributed by atoms with van der Waals surface area (Å²) in [6.45, 7) is 8.01. The van der Waals surface area contributed by atoms with Gasteiger partial charge in [-0.05, 0) is 45.4 Å². The Hall–Kier alpha value is -1.07. The molecule has 1 aromatic rings. The largest absolute Gasteiger partial charge is 0.337 e. The third-order valence-corrected chi connectivity index (χ3v) is 5.03. The fraction of sp³-hybridized carbons (Fsp3) is 0.500. The second kappa shape index (κ2) is 7.09. The normalized spacial score (nSPS) is 12.8. The van der Waals surface area contributed by atoms with Crippen LogP contribution in [0.25, 0.3) is 0 Å². The van der Waals surface area contributed by atoms with Crippen LogP contribution in [0.4, 0.5) is 10.5 Å². The number of carbonyl (C=O) groups is 1. The third kappa shape index (κ3) is 5.51. The average Bonchev–Trinajstić information content (AvgIpc) is 2.32. The van der Waals surface area contributed by atoms with Crippen molar-refractivity contribution in [2.75, 3.05) is 17.6 Å². The maximum absolute atomic E-state index is 11.8. The number of amides is 2. The minimum absolute atomic E-state index is 0.261. The van der Waals surface area contributed by atoms with Gasteiger partial charge in [0.15, 0.2) is 0 Å². The number of halogens is 1. The molecule has 0 aliphatic heterocycles. The quantitative estimate of drug-likeness (QED) is 0.895. The number of carbonyl (C=O) groups excluding carboxylic acids is 1. The van der Waals surface area contributed by atoms with E-state index in [1.807, 2.05) is 33.8 Å². The number of nitrogens with one attached hydrogen (secondary N) is 2. The molecule has 0 aromatic heterocycles. The van der Waals surface area contributed by atoms with E-state index in [1.54, 1.807) is 12.1 Å². The van der Waals surface area contributed by atoms with Crippen LogP contribution in [0.2, 0.25) is 5.02 Å². The summed E-state index contributed by atoms with van der Waals surface area (Å²) in [4.78, 5) is 11.7. The van der Waals surface area contributed by atoms with Crippen molar-refractivity contribution in [2.24, 2.45) is 0 Å². The Kier molecular flexibility index (Phi) is 6.02. The molecule has 0 fully saturated rings. The summed E-state index contributed by atoms with van der Waals surface area (Å²) in [6.07, 6.45) is 0. The van der Waals surface area contributed by atoms with Crippen molar-refractivity contribution in [3.8, 4) is 0 Å². The van der Waals surface area contributed by atoms with Crippen LogP contribution >= 0.6 is 11.6 Å². The van der Waals surface area contributed by atoms with E-state index in [0.717, 1.165) is 5.56 Å². The molecule has 4 nitrogen and oxygen atoms in total. The summed E-state index contributed by atoms with van der Waals surface area (Å²) in [7, 11) is -0.971. The Morgan fingerprint density at radius 1 is 1.35 bits per heavy atom. The van der Waals surface area contributed by atoms with Crippen LogP contribution < -0.4 is 10.6 Å². The van der Waals surface area contributed by atoms with Gasteiger partial charge in [0.2, 0.25) is 0 Å². The molecule has 112 valence electrons. The molecule has 0 bridgehead atoms. The second-order valence-electron chi connectivity index (χ2n) is 5.51. The van der Waals surface area contributed by atoms with E-state index >= 15 is 0 Å². The van der Waals surface area contributed by atoms with Crippen LogP contribution in [0, 0.1) is 6.92 Å². The SMILES string of the molecule is Cc1ccc(NC(=O)NCCS(=O)C(C)(C)C)cc1Cl. The first-order valence-corrected chi connectivity index (χ1v) is 8.09. The minimum Gasteiger partial charge on any atom is -0.337 e. The first-order valence-electron chi connectivity index (χ1n) is 6.39. The molecule has 1 atom stereocenters. The molecule has 2 amide bonds. The van der Waals surface area contributed by atoms with Gasteiger partial charge in [-0.1, -0.05) is 17.7 Å². The van der Waals surface area contributed by atoms with E-state index in [1.165, 1.54) is 0 Å².